The molecule has 0 saturated carbocycles. The maximum Gasteiger partial charge on any atom is 0.236 e. The van der Waals surface area contributed by atoms with Gasteiger partial charge in [0.05, 0.1) is 6.04 Å². The van der Waals surface area contributed by atoms with Crippen LogP contribution in [0.15, 0.2) is 0 Å². The van der Waals surface area contributed by atoms with Gasteiger partial charge in [0.25, 0.3) is 0 Å². The molecule has 0 aliphatic rings. The van der Waals surface area contributed by atoms with Crippen molar-refractivity contribution in [2.75, 3.05) is 13.1 Å². The first-order valence-corrected chi connectivity index (χ1v) is 5.74. The molecule has 0 rings (SSSR count). The van der Waals surface area contributed by atoms with E-state index >= 15 is 0 Å². The number of amides is 1. The molecule has 0 heterocycles. The number of nitrogens with two attached hydrogens (primary N) is 1. The van der Waals surface area contributed by atoms with Gasteiger partial charge in [-0.25, -0.2) is 0 Å². The molecule has 0 aliphatic heterocycles. The first-order valence-electron chi connectivity index (χ1n) is 5.74. The Labute approximate surface area is 93.0 Å². The lowest BCUT2D eigenvalue weighted by Crippen LogP contribution is -2.46. The van der Waals surface area contributed by atoms with E-state index in [0.717, 1.165) is 13.0 Å². The van der Waals surface area contributed by atoms with Gasteiger partial charge in [0.15, 0.2) is 0 Å². The number of likely N-dealkylation sites (N-methyl/N-ethyl adjacent to an activating group) is 1. The van der Waals surface area contributed by atoms with Gasteiger partial charge in [0.1, 0.15) is 0 Å². The Morgan fingerprint density at radius 2 is 1.93 bits per heavy atom. The third-order valence-corrected chi connectivity index (χ3v) is 2.20. The van der Waals surface area contributed by atoms with Gasteiger partial charge in [-0.05, 0) is 25.8 Å². The predicted molar refractivity (Wildman–Crippen MR) is 63.6 cm³/mol. The van der Waals surface area contributed by atoms with E-state index in [1.807, 2.05) is 13.8 Å². The van der Waals surface area contributed by atoms with Crippen molar-refractivity contribution in [2.45, 2.75) is 46.2 Å². The van der Waals surface area contributed by atoms with Gasteiger partial charge in [-0.2, -0.15) is 0 Å². The molecule has 90 valence electrons. The van der Waals surface area contributed by atoms with Crippen LogP contribution in [-0.4, -0.2) is 31.1 Å². The normalized spacial score (nSPS) is 15.1. The molecule has 4 heteroatoms. The Balaban J connectivity index is 3.72. The molecule has 0 spiro atoms. The summed E-state index contributed by atoms with van der Waals surface area (Å²) in [7, 11) is 0. The zero-order valence-corrected chi connectivity index (χ0v) is 10.3. The monoisotopic (exact) mass is 215 g/mol. The first-order chi connectivity index (χ1) is 6.97. The Bertz CT molecular complexity index is 183. The highest BCUT2D eigenvalue weighted by Crippen LogP contribution is 2.02. The van der Waals surface area contributed by atoms with Crippen LogP contribution in [0.3, 0.4) is 0 Å². The van der Waals surface area contributed by atoms with Crippen LogP contribution in [0, 0.1) is 5.92 Å². The molecule has 0 radical (unpaired) electrons. The van der Waals surface area contributed by atoms with E-state index < -0.39 is 0 Å². The second-order valence-corrected chi connectivity index (χ2v) is 4.44. The lowest BCUT2D eigenvalue weighted by Gasteiger charge is -2.17. The van der Waals surface area contributed by atoms with Gasteiger partial charge in [0.2, 0.25) is 5.91 Å². The number of carbonyl (C=O) groups is 1. The number of hydrogen-bond donors (Lipinski definition) is 3. The van der Waals surface area contributed by atoms with E-state index in [0.29, 0.717) is 18.5 Å². The van der Waals surface area contributed by atoms with Crippen LogP contribution in [0.1, 0.15) is 34.1 Å². The molecule has 0 aliphatic carbocycles. The summed E-state index contributed by atoms with van der Waals surface area (Å²) in [5, 5.41) is 6.07. The summed E-state index contributed by atoms with van der Waals surface area (Å²) in [5.41, 5.74) is 5.75. The highest BCUT2D eigenvalue weighted by atomic mass is 16.2. The summed E-state index contributed by atoms with van der Waals surface area (Å²) in [4.78, 5) is 11.5. The minimum atomic E-state index is -0.376. The standard InChI is InChI=1S/C11H25N3O/c1-5-13-9(4)7-14-11(15)10(12)6-8(2)3/h8-10,13H,5-7,12H2,1-4H3,(H,14,15)/t9-,10+/m1/s1. The van der Waals surface area contributed by atoms with Crippen LogP contribution in [-0.2, 0) is 4.79 Å². The van der Waals surface area contributed by atoms with Crippen molar-refractivity contribution in [3.8, 4) is 0 Å². The molecule has 4 N–H and O–H groups in total. The van der Waals surface area contributed by atoms with Crippen molar-refractivity contribution in [1.29, 1.82) is 0 Å². The molecule has 0 bridgehead atoms. The summed E-state index contributed by atoms with van der Waals surface area (Å²) in [6.07, 6.45) is 0.738. The maximum absolute atomic E-state index is 11.5. The van der Waals surface area contributed by atoms with E-state index in [9.17, 15) is 4.79 Å². The molecule has 15 heavy (non-hydrogen) atoms. The van der Waals surface area contributed by atoms with Gasteiger partial charge in [0, 0.05) is 12.6 Å². The fourth-order valence-corrected chi connectivity index (χ4v) is 1.42. The molecule has 0 aromatic heterocycles. The number of carbonyl (C=O) groups excluding carboxylic acids is 1. The first kappa shape index (κ1) is 14.4. The van der Waals surface area contributed by atoms with E-state index in [4.69, 9.17) is 5.73 Å². The van der Waals surface area contributed by atoms with Gasteiger partial charge < -0.3 is 16.4 Å². The summed E-state index contributed by atoms with van der Waals surface area (Å²) >= 11 is 0. The zero-order valence-electron chi connectivity index (χ0n) is 10.3. The smallest absolute Gasteiger partial charge is 0.236 e. The average Bonchev–Trinajstić information content (AvgIpc) is 2.13. The van der Waals surface area contributed by atoms with Gasteiger partial charge in [-0.3, -0.25) is 4.79 Å². The van der Waals surface area contributed by atoms with Gasteiger partial charge >= 0.3 is 0 Å². The molecular weight excluding hydrogens is 190 g/mol. The van der Waals surface area contributed by atoms with Crippen molar-refractivity contribution in [3.63, 3.8) is 0 Å². The van der Waals surface area contributed by atoms with E-state index in [2.05, 4.69) is 24.5 Å². The number of rotatable bonds is 7. The van der Waals surface area contributed by atoms with Crippen LogP contribution in [0.25, 0.3) is 0 Å². The molecule has 0 saturated heterocycles. The minimum Gasteiger partial charge on any atom is -0.353 e. The lowest BCUT2D eigenvalue weighted by molar-refractivity contribution is -0.122. The summed E-state index contributed by atoms with van der Waals surface area (Å²) < 4.78 is 0. The highest BCUT2D eigenvalue weighted by molar-refractivity contribution is 5.81. The predicted octanol–water partition coefficient (Wildman–Crippen LogP) is 0.474. The molecule has 0 fully saturated rings. The SMILES string of the molecule is CCN[C@H](C)CNC(=O)[C@@H](N)CC(C)C. The topological polar surface area (TPSA) is 67.1 Å². The lowest BCUT2D eigenvalue weighted by atomic mass is 10.0. The van der Waals surface area contributed by atoms with E-state index in [1.54, 1.807) is 0 Å². The van der Waals surface area contributed by atoms with Crippen LogP contribution in [0.4, 0.5) is 0 Å². The van der Waals surface area contributed by atoms with Crippen molar-refractivity contribution in [3.05, 3.63) is 0 Å². The molecule has 0 unspecified atom stereocenters. The zero-order chi connectivity index (χ0) is 11.8. The minimum absolute atomic E-state index is 0.0477. The third-order valence-electron chi connectivity index (χ3n) is 2.20. The third kappa shape index (κ3) is 7.33. The van der Waals surface area contributed by atoms with Gasteiger partial charge in [-0.15, -0.1) is 0 Å². The average molecular weight is 215 g/mol. The van der Waals surface area contributed by atoms with Crippen LogP contribution in [0.5, 0.6) is 0 Å². The van der Waals surface area contributed by atoms with Crippen LogP contribution >= 0.6 is 0 Å². The molecule has 1 amide bonds. The Kier molecular flexibility index (Phi) is 7.34. The van der Waals surface area contributed by atoms with Crippen molar-refractivity contribution in [1.82, 2.24) is 10.6 Å². The second kappa shape index (κ2) is 7.65. The van der Waals surface area contributed by atoms with Crippen molar-refractivity contribution in [2.24, 2.45) is 11.7 Å². The Morgan fingerprint density at radius 1 is 1.33 bits per heavy atom. The molecule has 4 nitrogen and oxygen atoms in total. The Hall–Kier alpha value is -0.610. The molecular formula is C11H25N3O. The highest BCUT2D eigenvalue weighted by Gasteiger charge is 2.14. The van der Waals surface area contributed by atoms with Gasteiger partial charge in [-0.1, -0.05) is 20.8 Å². The fraction of sp³-hybridized carbons (Fsp3) is 0.909. The Morgan fingerprint density at radius 3 is 2.40 bits per heavy atom. The quantitative estimate of drug-likeness (QED) is 0.578. The van der Waals surface area contributed by atoms with E-state index in [1.165, 1.54) is 0 Å². The summed E-state index contributed by atoms with van der Waals surface area (Å²) in [6.45, 7) is 9.76. The summed E-state index contributed by atoms with van der Waals surface area (Å²) in [6, 6.07) is -0.0796. The molecule has 0 aromatic rings. The molecule has 2 atom stereocenters. The van der Waals surface area contributed by atoms with Crippen molar-refractivity contribution >= 4 is 5.91 Å². The van der Waals surface area contributed by atoms with Crippen LogP contribution < -0.4 is 16.4 Å². The number of nitrogens with one attached hydrogen (secondary N) is 2. The largest absolute Gasteiger partial charge is 0.353 e. The maximum atomic E-state index is 11.5. The number of hydrogen-bond acceptors (Lipinski definition) is 3. The van der Waals surface area contributed by atoms with Crippen LogP contribution in [0.2, 0.25) is 0 Å². The molecule has 0 aromatic carbocycles. The summed E-state index contributed by atoms with van der Waals surface area (Å²) in [5.74, 6) is 0.408. The second-order valence-electron chi connectivity index (χ2n) is 4.44. The fourth-order valence-electron chi connectivity index (χ4n) is 1.42. The van der Waals surface area contributed by atoms with Crippen molar-refractivity contribution < 1.29 is 4.79 Å². The van der Waals surface area contributed by atoms with E-state index in [-0.39, 0.29) is 11.9 Å².